The van der Waals surface area contributed by atoms with Crippen LogP contribution in [0.5, 0.6) is 0 Å². The van der Waals surface area contributed by atoms with Crippen molar-refractivity contribution in [3.05, 3.63) is 17.5 Å². The fraction of sp³-hybridized carbons (Fsp3) is 0.750. The van der Waals surface area contributed by atoms with Gasteiger partial charge in [-0.2, -0.15) is 5.10 Å². The summed E-state index contributed by atoms with van der Waals surface area (Å²) in [6.07, 6.45) is 7.33. The molecule has 0 atom stereocenters. The molecular formula is C12H19ClN2. The van der Waals surface area contributed by atoms with Crippen LogP contribution in [0.25, 0.3) is 0 Å². The Bertz CT molecular complexity index is 324. The zero-order valence-electron chi connectivity index (χ0n) is 9.54. The minimum absolute atomic E-state index is 0.578. The van der Waals surface area contributed by atoms with E-state index in [4.69, 9.17) is 11.6 Å². The Labute approximate surface area is 96.6 Å². The van der Waals surface area contributed by atoms with Crippen LogP contribution in [-0.2, 0) is 5.88 Å². The molecule has 1 saturated carbocycles. The minimum atomic E-state index is 0.578. The smallest absolute Gasteiger partial charge is 0.0637 e. The Balaban J connectivity index is 2.09. The average Bonchev–Trinajstić information content (AvgIpc) is 2.61. The maximum atomic E-state index is 5.85. The van der Waals surface area contributed by atoms with Crippen LogP contribution in [-0.4, -0.2) is 9.78 Å². The summed E-state index contributed by atoms with van der Waals surface area (Å²) in [4.78, 5) is 0. The number of hydrogen-bond donors (Lipinski definition) is 0. The number of rotatable bonds is 2. The Morgan fingerprint density at radius 1 is 1.40 bits per heavy atom. The van der Waals surface area contributed by atoms with Crippen LogP contribution in [0.1, 0.15) is 49.9 Å². The predicted octanol–water partition coefficient (Wildman–Crippen LogP) is 3.68. The van der Waals surface area contributed by atoms with Crippen LogP contribution < -0.4 is 0 Å². The van der Waals surface area contributed by atoms with E-state index in [2.05, 4.69) is 22.9 Å². The molecule has 1 aliphatic carbocycles. The fourth-order valence-corrected chi connectivity index (χ4v) is 2.61. The Kier molecular flexibility index (Phi) is 3.35. The first-order valence-corrected chi connectivity index (χ1v) is 6.34. The summed E-state index contributed by atoms with van der Waals surface area (Å²) in [6.45, 7) is 4.38. The van der Waals surface area contributed by atoms with Crippen molar-refractivity contribution in [2.45, 2.75) is 51.5 Å². The molecule has 0 amide bonds. The van der Waals surface area contributed by atoms with Crippen LogP contribution in [0, 0.1) is 12.8 Å². The number of nitrogens with zero attached hydrogens (tertiary/aromatic N) is 2. The van der Waals surface area contributed by atoms with Crippen molar-refractivity contribution in [3.63, 3.8) is 0 Å². The van der Waals surface area contributed by atoms with Crippen molar-refractivity contribution in [1.29, 1.82) is 0 Å². The molecule has 2 nitrogen and oxygen atoms in total. The van der Waals surface area contributed by atoms with Crippen LogP contribution in [0.15, 0.2) is 6.20 Å². The lowest BCUT2D eigenvalue weighted by Crippen LogP contribution is -2.17. The van der Waals surface area contributed by atoms with Gasteiger partial charge in [-0.25, -0.2) is 0 Å². The first-order valence-electron chi connectivity index (χ1n) is 5.81. The van der Waals surface area contributed by atoms with Gasteiger partial charge in [-0.15, -0.1) is 11.6 Å². The zero-order chi connectivity index (χ0) is 10.8. The van der Waals surface area contributed by atoms with E-state index in [0.29, 0.717) is 11.9 Å². The quantitative estimate of drug-likeness (QED) is 0.704. The second-order valence-electron chi connectivity index (χ2n) is 4.77. The SMILES string of the molecule is Cc1nn(C2CCC(C)CC2)cc1CCl. The predicted molar refractivity (Wildman–Crippen MR) is 63.2 cm³/mol. The molecule has 1 aliphatic rings. The van der Waals surface area contributed by atoms with Crippen molar-refractivity contribution in [2.75, 3.05) is 0 Å². The van der Waals surface area contributed by atoms with Gasteiger partial charge in [-0.05, 0) is 38.5 Å². The van der Waals surface area contributed by atoms with E-state index >= 15 is 0 Å². The van der Waals surface area contributed by atoms with Gasteiger partial charge >= 0.3 is 0 Å². The van der Waals surface area contributed by atoms with Gasteiger partial charge in [0.1, 0.15) is 0 Å². The molecule has 0 N–H and O–H groups in total. The van der Waals surface area contributed by atoms with Gasteiger partial charge in [0.05, 0.1) is 17.6 Å². The van der Waals surface area contributed by atoms with E-state index in [-0.39, 0.29) is 0 Å². The lowest BCUT2D eigenvalue weighted by Gasteiger charge is -2.26. The van der Waals surface area contributed by atoms with Crippen LogP contribution in [0.3, 0.4) is 0 Å². The maximum absolute atomic E-state index is 5.85. The molecule has 1 fully saturated rings. The molecule has 3 heteroatoms. The standard InChI is InChI=1S/C12H19ClN2/c1-9-3-5-12(6-4-9)15-8-11(7-13)10(2)14-15/h8-9,12H,3-7H2,1-2H3. The monoisotopic (exact) mass is 226 g/mol. The first-order chi connectivity index (χ1) is 7.20. The third-order valence-corrected chi connectivity index (χ3v) is 3.81. The minimum Gasteiger partial charge on any atom is -0.269 e. The lowest BCUT2D eigenvalue weighted by atomic mass is 9.87. The van der Waals surface area contributed by atoms with Gasteiger partial charge in [0.25, 0.3) is 0 Å². The summed E-state index contributed by atoms with van der Waals surface area (Å²) >= 11 is 5.85. The summed E-state index contributed by atoms with van der Waals surface area (Å²) in [5.74, 6) is 1.47. The van der Waals surface area contributed by atoms with Gasteiger partial charge in [0.2, 0.25) is 0 Å². The lowest BCUT2D eigenvalue weighted by molar-refractivity contribution is 0.273. The van der Waals surface area contributed by atoms with E-state index in [1.807, 2.05) is 6.92 Å². The van der Waals surface area contributed by atoms with Crippen LogP contribution >= 0.6 is 11.6 Å². The van der Waals surface area contributed by atoms with E-state index in [0.717, 1.165) is 11.6 Å². The third-order valence-electron chi connectivity index (χ3n) is 3.52. The molecule has 1 aromatic rings. The second-order valence-corrected chi connectivity index (χ2v) is 5.03. The summed E-state index contributed by atoms with van der Waals surface area (Å²) in [6, 6.07) is 0.608. The molecule has 15 heavy (non-hydrogen) atoms. The largest absolute Gasteiger partial charge is 0.269 e. The third kappa shape index (κ3) is 2.36. The highest BCUT2D eigenvalue weighted by atomic mass is 35.5. The molecule has 2 rings (SSSR count). The van der Waals surface area contributed by atoms with Gasteiger partial charge in [0.15, 0.2) is 0 Å². The van der Waals surface area contributed by atoms with Gasteiger partial charge in [0, 0.05) is 11.8 Å². The second kappa shape index (κ2) is 4.56. The van der Waals surface area contributed by atoms with Gasteiger partial charge in [-0.3, -0.25) is 4.68 Å². The molecule has 0 unspecified atom stereocenters. The van der Waals surface area contributed by atoms with Gasteiger partial charge < -0.3 is 0 Å². The van der Waals surface area contributed by atoms with Crippen molar-refractivity contribution in [2.24, 2.45) is 5.92 Å². The Morgan fingerprint density at radius 3 is 2.60 bits per heavy atom. The first kappa shape index (κ1) is 11.0. The molecule has 0 radical (unpaired) electrons. The van der Waals surface area contributed by atoms with Crippen LogP contribution in [0.4, 0.5) is 0 Å². The highest BCUT2D eigenvalue weighted by Crippen LogP contribution is 2.31. The molecule has 1 heterocycles. The van der Waals surface area contributed by atoms with E-state index < -0.39 is 0 Å². The van der Waals surface area contributed by atoms with Crippen molar-refractivity contribution < 1.29 is 0 Å². The number of alkyl halides is 1. The maximum Gasteiger partial charge on any atom is 0.0637 e. The van der Waals surface area contributed by atoms with E-state index in [1.165, 1.54) is 31.2 Å². The molecule has 0 bridgehead atoms. The molecule has 84 valence electrons. The van der Waals surface area contributed by atoms with E-state index in [1.54, 1.807) is 0 Å². The molecular weight excluding hydrogens is 208 g/mol. The number of hydrogen-bond acceptors (Lipinski definition) is 1. The molecule has 0 aromatic carbocycles. The molecule has 0 saturated heterocycles. The zero-order valence-corrected chi connectivity index (χ0v) is 10.3. The Hall–Kier alpha value is -0.500. The molecule has 1 aromatic heterocycles. The highest BCUT2D eigenvalue weighted by molar-refractivity contribution is 6.17. The number of halogens is 1. The topological polar surface area (TPSA) is 17.8 Å². The van der Waals surface area contributed by atoms with Crippen molar-refractivity contribution in [3.8, 4) is 0 Å². The fourth-order valence-electron chi connectivity index (χ4n) is 2.34. The summed E-state index contributed by atoms with van der Waals surface area (Å²) in [7, 11) is 0. The van der Waals surface area contributed by atoms with Crippen molar-refractivity contribution >= 4 is 11.6 Å². The average molecular weight is 227 g/mol. The van der Waals surface area contributed by atoms with E-state index in [9.17, 15) is 0 Å². The number of aromatic nitrogens is 2. The Morgan fingerprint density at radius 2 is 2.07 bits per heavy atom. The summed E-state index contributed by atoms with van der Waals surface area (Å²) in [5.41, 5.74) is 2.26. The van der Waals surface area contributed by atoms with Crippen molar-refractivity contribution in [1.82, 2.24) is 9.78 Å². The molecule has 0 spiro atoms. The normalized spacial score (nSPS) is 26.9. The molecule has 0 aliphatic heterocycles. The number of aryl methyl sites for hydroxylation is 1. The highest BCUT2D eigenvalue weighted by Gasteiger charge is 2.20. The summed E-state index contributed by atoms with van der Waals surface area (Å²) < 4.78 is 2.14. The summed E-state index contributed by atoms with van der Waals surface area (Å²) in [5, 5.41) is 4.56. The van der Waals surface area contributed by atoms with Gasteiger partial charge in [-0.1, -0.05) is 6.92 Å². The van der Waals surface area contributed by atoms with Crippen LogP contribution in [0.2, 0.25) is 0 Å².